The molecule has 36 heavy (non-hydrogen) atoms. The minimum atomic E-state index is -3.19. The van der Waals surface area contributed by atoms with Crippen molar-refractivity contribution in [3.05, 3.63) is 42.5 Å². The molecule has 3 aromatic rings. The number of nitrogens with zero attached hydrogens (tertiary/aromatic N) is 4. The lowest BCUT2D eigenvalue weighted by atomic mass is 9.94. The fourth-order valence-electron chi connectivity index (χ4n) is 4.33. The molecule has 0 atom stereocenters. The smallest absolute Gasteiger partial charge is 0.224 e. The number of hydrogen-bond donors (Lipinski definition) is 2. The Balaban J connectivity index is 1.57. The van der Waals surface area contributed by atoms with Gasteiger partial charge in [-0.3, -0.25) is 4.79 Å². The number of tetrazole rings is 1. The summed E-state index contributed by atoms with van der Waals surface area (Å²) in [4.78, 5) is 14.1. The topological polar surface area (TPSA) is 121 Å². The van der Waals surface area contributed by atoms with Gasteiger partial charge in [0.15, 0.2) is 0 Å². The summed E-state index contributed by atoms with van der Waals surface area (Å²) in [7, 11) is -3.19. The Bertz CT molecular complexity index is 1310. The van der Waals surface area contributed by atoms with E-state index in [4.69, 9.17) is 0 Å². The lowest BCUT2D eigenvalue weighted by Crippen LogP contribution is -2.38. The second-order valence-electron chi connectivity index (χ2n) is 10.1. The molecular weight excluding hydrogens is 496 g/mol. The third-order valence-corrected chi connectivity index (χ3v) is 8.50. The van der Waals surface area contributed by atoms with E-state index in [2.05, 4.69) is 46.7 Å². The van der Waals surface area contributed by atoms with Gasteiger partial charge in [0.1, 0.15) is 0 Å². The quantitative estimate of drug-likeness (QED) is 0.435. The van der Waals surface area contributed by atoms with E-state index < -0.39 is 10.0 Å². The van der Waals surface area contributed by atoms with E-state index in [-0.39, 0.29) is 16.6 Å². The van der Waals surface area contributed by atoms with Gasteiger partial charge in [-0.15, -0.1) is 22.0 Å². The molecule has 4 rings (SSSR count). The van der Waals surface area contributed by atoms with Gasteiger partial charge in [-0.05, 0) is 47.2 Å². The first kappa shape index (κ1) is 26.3. The van der Waals surface area contributed by atoms with Crippen molar-refractivity contribution >= 4 is 33.4 Å². The normalized spacial score (nSPS) is 15.7. The van der Waals surface area contributed by atoms with E-state index >= 15 is 0 Å². The summed E-state index contributed by atoms with van der Waals surface area (Å²) in [6.45, 7) is 7.34. The van der Waals surface area contributed by atoms with Gasteiger partial charge < -0.3 is 5.32 Å². The fraction of sp³-hybridized carbons (Fsp3) is 0.440. The SMILES string of the molecule is CC(C)(C)Sc1ccc(-c2ccccc2-c2nn[nH]n2)cc1NC(=O)CC1CCN(S(C)(=O)=O)CC1. The molecule has 9 nitrogen and oxygen atoms in total. The van der Waals surface area contributed by atoms with Crippen LogP contribution in [0.2, 0.25) is 0 Å². The predicted molar refractivity (Wildman–Crippen MR) is 143 cm³/mol. The van der Waals surface area contributed by atoms with Crippen LogP contribution in [0.15, 0.2) is 47.4 Å². The number of hydrogen-bond acceptors (Lipinski definition) is 7. The van der Waals surface area contributed by atoms with Crippen molar-refractivity contribution in [1.82, 2.24) is 24.9 Å². The average molecular weight is 529 g/mol. The zero-order chi connectivity index (χ0) is 25.9. The highest BCUT2D eigenvalue weighted by molar-refractivity contribution is 8.00. The molecule has 1 saturated heterocycles. The minimum absolute atomic E-state index is 0.0397. The summed E-state index contributed by atoms with van der Waals surface area (Å²) in [5, 5.41) is 17.6. The van der Waals surface area contributed by atoms with Gasteiger partial charge in [-0.1, -0.05) is 51.1 Å². The Morgan fingerprint density at radius 3 is 2.44 bits per heavy atom. The van der Waals surface area contributed by atoms with Gasteiger partial charge in [0, 0.05) is 34.7 Å². The van der Waals surface area contributed by atoms with Gasteiger partial charge in [0.2, 0.25) is 21.8 Å². The van der Waals surface area contributed by atoms with Crippen LogP contribution in [-0.4, -0.2) is 63.3 Å². The number of sulfonamides is 1. The largest absolute Gasteiger partial charge is 0.325 e. The number of piperidine rings is 1. The van der Waals surface area contributed by atoms with Crippen molar-refractivity contribution in [3.63, 3.8) is 0 Å². The van der Waals surface area contributed by atoms with Crippen LogP contribution in [0.3, 0.4) is 0 Å². The van der Waals surface area contributed by atoms with E-state index in [9.17, 15) is 13.2 Å². The highest BCUT2D eigenvalue weighted by Crippen LogP contribution is 2.40. The molecule has 1 amide bonds. The van der Waals surface area contributed by atoms with E-state index in [1.54, 1.807) is 11.8 Å². The average Bonchev–Trinajstić information content (AvgIpc) is 3.34. The van der Waals surface area contributed by atoms with E-state index in [1.807, 2.05) is 42.5 Å². The van der Waals surface area contributed by atoms with Gasteiger partial charge in [-0.2, -0.15) is 5.21 Å². The Morgan fingerprint density at radius 2 is 1.83 bits per heavy atom. The summed E-state index contributed by atoms with van der Waals surface area (Å²) >= 11 is 1.70. The summed E-state index contributed by atoms with van der Waals surface area (Å²) in [6, 6.07) is 13.9. The molecule has 1 aliphatic heterocycles. The number of carbonyl (C=O) groups excluding carboxylic acids is 1. The van der Waals surface area contributed by atoms with Gasteiger partial charge in [0.05, 0.1) is 11.9 Å². The number of carbonyl (C=O) groups is 1. The van der Waals surface area contributed by atoms with Crippen molar-refractivity contribution in [2.45, 2.75) is 49.7 Å². The highest BCUT2D eigenvalue weighted by Gasteiger charge is 2.27. The minimum Gasteiger partial charge on any atom is -0.325 e. The van der Waals surface area contributed by atoms with Crippen molar-refractivity contribution in [3.8, 4) is 22.5 Å². The molecule has 2 aromatic carbocycles. The number of H-pyrrole nitrogens is 1. The molecule has 1 aromatic heterocycles. The summed E-state index contributed by atoms with van der Waals surface area (Å²) in [5.74, 6) is 0.598. The third-order valence-electron chi connectivity index (χ3n) is 6.01. The van der Waals surface area contributed by atoms with Gasteiger partial charge >= 0.3 is 0 Å². The zero-order valence-electron chi connectivity index (χ0n) is 21.0. The lowest BCUT2D eigenvalue weighted by Gasteiger charge is -2.30. The molecule has 0 bridgehead atoms. The Morgan fingerprint density at radius 1 is 1.14 bits per heavy atom. The van der Waals surface area contributed by atoms with Crippen molar-refractivity contribution in [2.75, 3.05) is 24.7 Å². The van der Waals surface area contributed by atoms with Crippen LogP contribution in [0.1, 0.15) is 40.0 Å². The molecule has 2 N–H and O–H groups in total. The molecule has 0 saturated carbocycles. The summed E-state index contributed by atoms with van der Waals surface area (Å²) in [5.41, 5.74) is 3.48. The summed E-state index contributed by atoms with van der Waals surface area (Å²) in [6.07, 6.45) is 2.96. The van der Waals surface area contributed by atoms with Crippen LogP contribution in [-0.2, 0) is 14.8 Å². The number of anilines is 1. The second kappa shape index (κ2) is 10.7. The van der Waals surface area contributed by atoms with Crippen LogP contribution in [0.5, 0.6) is 0 Å². The van der Waals surface area contributed by atoms with E-state index in [0.717, 1.165) is 27.3 Å². The molecule has 1 fully saturated rings. The van der Waals surface area contributed by atoms with Gasteiger partial charge in [-0.25, -0.2) is 12.7 Å². The summed E-state index contributed by atoms with van der Waals surface area (Å²) < 4.78 is 25.0. The predicted octanol–water partition coefficient (Wildman–Crippen LogP) is 4.42. The zero-order valence-corrected chi connectivity index (χ0v) is 22.6. The van der Waals surface area contributed by atoms with Crippen LogP contribution in [0.25, 0.3) is 22.5 Å². The number of amides is 1. The highest BCUT2D eigenvalue weighted by atomic mass is 32.2. The molecule has 2 heterocycles. The standard InChI is InChI=1S/C25H32N6O3S2/c1-25(2,3)35-22-10-9-18(19-7-5-6-8-20(19)24-27-29-30-28-24)16-21(22)26-23(32)15-17-11-13-31(14-12-17)36(4,33)34/h5-10,16-17H,11-15H2,1-4H3,(H,26,32)(H,27,28,29,30). The third kappa shape index (κ3) is 6.71. The number of rotatable bonds is 7. The molecule has 1 aliphatic rings. The molecule has 0 spiro atoms. The first-order valence-corrected chi connectivity index (χ1v) is 14.6. The lowest BCUT2D eigenvalue weighted by molar-refractivity contribution is -0.117. The van der Waals surface area contributed by atoms with Crippen molar-refractivity contribution in [2.24, 2.45) is 5.92 Å². The first-order chi connectivity index (χ1) is 17.0. The first-order valence-electron chi connectivity index (χ1n) is 11.9. The molecule has 11 heteroatoms. The van der Waals surface area contributed by atoms with Crippen LogP contribution in [0, 0.1) is 5.92 Å². The van der Waals surface area contributed by atoms with Crippen LogP contribution in [0.4, 0.5) is 5.69 Å². The van der Waals surface area contributed by atoms with Crippen LogP contribution >= 0.6 is 11.8 Å². The maximum atomic E-state index is 13.1. The van der Waals surface area contributed by atoms with Crippen molar-refractivity contribution < 1.29 is 13.2 Å². The van der Waals surface area contributed by atoms with Gasteiger partial charge in [0.25, 0.3) is 0 Å². The van der Waals surface area contributed by atoms with E-state index in [0.29, 0.717) is 38.2 Å². The monoisotopic (exact) mass is 528 g/mol. The second-order valence-corrected chi connectivity index (χ2v) is 13.9. The van der Waals surface area contributed by atoms with Crippen molar-refractivity contribution in [1.29, 1.82) is 0 Å². The molecule has 0 unspecified atom stereocenters. The molecule has 192 valence electrons. The Kier molecular flexibility index (Phi) is 7.82. The maximum Gasteiger partial charge on any atom is 0.224 e. The number of aromatic amines is 1. The Hall–Kier alpha value is -2.76. The molecular formula is C25H32N6O3S2. The number of nitrogens with one attached hydrogen (secondary N) is 2. The number of benzene rings is 2. The Labute approximate surface area is 216 Å². The molecule has 0 aliphatic carbocycles. The maximum absolute atomic E-state index is 13.1. The fourth-order valence-corrected chi connectivity index (χ4v) is 6.22. The number of aromatic nitrogens is 4. The molecule has 0 radical (unpaired) electrons. The van der Waals surface area contributed by atoms with E-state index in [1.165, 1.54) is 10.6 Å². The number of thioether (sulfide) groups is 1. The van der Waals surface area contributed by atoms with Crippen LogP contribution < -0.4 is 5.32 Å².